The second-order valence-electron chi connectivity index (χ2n) is 7.14. The second-order valence-corrected chi connectivity index (χ2v) is 8.06. The molecule has 0 aliphatic heterocycles. The molecular weight excluding hydrogens is 440 g/mol. The lowest BCUT2D eigenvalue weighted by Gasteiger charge is -2.11. The van der Waals surface area contributed by atoms with E-state index in [0.29, 0.717) is 22.8 Å². The van der Waals surface area contributed by atoms with E-state index in [1.807, 2.05) is 41.8 Å². The first-order valence-corrected chi connectivity index (χ1v) is 10.9. The molecule has 0 unspecified atom stereocenters. The molecule has 2 aromatic heterocycles. The number of para-hydroxylation sites is 1. The topological polar surface area (TPSA) is 136 Å². The van der Waals surface area contributed by atoms with Crippen LogP contribution < -0.4 is 16.4 Å². The third-order valence-corrected chi connectivity index (χ3v) is 5.67. The van der Waals surface area contributed by atoms with E-state index in [9.17, 15) is 4.79 Å². The van der Waals surface area contributed by atoms with Crippen LogP contribution in [0.25, 0.3) is 10.9 Å². The number of amides is 1. The van der Waals surface area contributed by atoms with Gasteiger partial charge in [0.2, 0.25) is 0 Å². The molecule has 0 bridgehead atoms. The summed E-state index contributed by atoms with van der Waals surface area (Å²) in [6.45, 7) is 0.226. The maximum absolute atomic E-state index is 12.9. The quantitative estimate of drug-likeness (QED) is 0.150. The molecule has 0 spiro atoms. The number of hydroxylamine groups is 2. The van der Waals surface area contributed by atoms with Gasteiger partial charge in [0.25, 0.3) is 5.91 Å². The SMILES string of the molecule is NC(CN(O)O)=Nc1cccc(NC(=O)c2sccc2NCc2ccnc3ccccc23)c1. The Hall–Kier alpha value is -3.83. The summed E-state index contributed by atoms with van der Waals surface area (Å²) in [7, 11) is 0. The molecule has 0 saturated heterocycles. The summed E-state index contributed by atoms with van der Waals surface area (Å²) in [5.41, 5.74) is 9.43. The van der Waals surface area contributed by atoms with Crippen molar-refractivity contribution in [2.24, 2.45) is 10.7 Å². The van der Waals surface area contributed by atoms with Crippen molar-refractivity contribution >= 4 is 51.0 Å². The minimum Gasteiger partial charge on any atom is -0.386 e. The largest absolute Gasteiger partial charge is 0.386 e. The number of hydrogen-bond acceptors (Lipinski definition) is 8. The summed E-state index contributed by atoms with van der Waals surface area (Å²) < 4.78 is 0. The predicted molar refractivity (Wildman–Crippen MR) is 129 cm³/mol. The first-order valence-electron chi connectivity index (χ1n) is 10.0. The first-order chi connectivity index (χ1) is 16.0. The summed E-state index contributed by atoms with van der Waals surface area (Å²) in [5, 5.41) is 26.8. The van der Waals surface area contributed by atoms with Gasteiger partial charge in [0.05, 0.1) is 16.9 Å². The van der Waals surface area contributed by atoms with Gasteiger partial charge in [-0.1, -0.05) is 29.5 Å². The van der Waals surface area contributed by atoms with Crippen LogP contribution in [0.3, 0.4) is 0 Å². The molecule has 168 valence electrons. The van der Waals surface area contributed by atoms with Gasteiger partial charge in [-0.2, -0.15) is 0 Å². The number of nitrogens with two attached hydrogens (primary N) is 1. The minimum absolute atomic E-state index is 0.0110. The predicted octanol–water partition coefficient (Wildman–Crippen LogP) is 4.23. The molecule has 0 radical (unpaired) electrons. The minimum atomic E-state index is -0.326. The van der Waals surface area contributed by atoms with Gasteiger partial charge in [-0.15, -0.1) is 11.3 Å². The zero-order valence-electron chi connectivity index (χ0n) is 17.5. The van der Waals surface area contributed by atoms with Gasteiger partial charge >= 0.3 is 0 Å². The number of carbonyl (C=O) groups excluding carboxylic acids is 1. The highest BCUT2D eigenvalue weighted by Crippen LogP contribution is 2.26. The fraction of sp³-hybridized carbons (Fsp3) is 0.0870. The Bertz CT molecular complexity index is 1300. The molecule has 4 aromatic rings. The number of nitrogens with one attached hydrogen (secondary N) is 2. The van der Waals surface area contributed by atoms with Gasteiger partial charge in [-0.05, 0) is 47.3 Å². The molecule has 0 fully saturated rings. The molecule has 1 amide bonds. The second kappa shape index (κ2) is 10.2. The number of carbonyl (C=O) groups is 1. The van der Waals surface area contributed by atoms with Crippen LogP contribution in [0.1, 0.15) is 15.2 Å². The number of rotatable bonds is 8. The lowest BCUT2D eigenvalue weighted by Crippen LogP contribution is -2.28. The summed E-state index contributed by atoms with van der Waals surface area (Å²) in [5.74, 6) is -0.241. The maximum Gasteiger partial charge on any atom is 0.267 e. The number of pyridine rings is 1. The van der Waals surface area contributed by atoms with Crippen molar-refractivity contribution in [2.45, 2.75) is 6.54 Å². The van der Waals surface area contributed by atoms with Gasteiger partial charge in [-0.3, -0.25) is 20.2 Å². The van der Waals surface area contributed by atoms with Crippen molar-refractivity contribution in [3.8, 4) is 0 Å². The van der Waals surface area contributed by atoms with Gasteiger partial charge in [0, 0.05) is 23.8 Å². The fourth-order valence-corrected chi connectivity index (χ4v) is 4.08. The highest BCUT2D eigenvalue weighted by molar-refractivity contribution is 7.12. The normalized spacial score (nSPS) is 11.7. The fourth-order valence-electron chi connectivity index (χ4n) is 3.31. The Labute approximate surface area is 193 Å². The average molecular weight is 463 g/mol. The van der Waals surface area contributed by atoms with Crippen LogP contribution in [-0.2, 0) is 6.54 Å². The Morgan fingerprint density at radius 1 is 1.12 bits per heavy atom. The Balaban J connectivity index is 1.46. The third kappa shape index (κ3) is 5.70. The monoisotopic (exact) mass is 462 g/mol. The zero-order valence-corrected chi connectivity index (χ0v) is 18.3. The van der Waals surface area contributed by atoms with Gasteiger partial charge in [0.1, 0.15) is 17.3 Å². The summed E-state index contributed by atoms with van der Waals surface area (Å²) >= 11 is 1.34. The van der Waals surface area contributed by atoms with Gasteiger partial charge in [-0.25, -0.2) is 4.99 Å². The number of anilines is 2. The smallest absolute Gasteiger partial charge is 0.267 e. The first kappa shape index (κ1) is 22.4. The lowest BCUT2D eigenvalue weighted by atomic mass is 10.1. The Kier molecular flexibility index (Phi) is 6.91. The zero-order chi connectivity index (χ0) is 23.2. The van der Waals surface area contributed by atoms with Crippen LogP contribution in [0.4, 0.5) is 17.1 Å². The molecule has 33 heavy (non-hydrogen) atoms. The maximum atomic E-state index is 12.9. The highest BCUT2D eigenvalue weighted by Gasteiger charge is 2.14. The van der Waals surface area contributed by atoms with Crippen molar-refractivity contribution in [1.29, 1.82) is 0 Å². The molecule has 2 aromatic carbocycles. The van der Waals surface area contributed by atoms with Crippen molar-refractivity contribution in [2.75, 3.05) is 17.2 Å². The Morgan fingerprint density at radius 3 is 2.82 bits per heavy atom. The van der Waals surface area contributed by atoms with E-state index in [1.165, 1.54) is 11.3 Å². The van der Waals surface area contributed by atoms with E-state index in [4.69, 9.17) is 16.1 Å². The lowest BCUT2D eigenvalue weighted by molar-refractivity contribution is -0.296. The van der Waals surface area contributed by atoms with Crippen LogP contribution in [-0.4, -0.2) is 38.9 Å². The van der Waals surface area contributed by atoms with Crippen LogP contribution in [0, 0.1) is 0 Å². The molecule has 10 heteroatoms. The summed E-state index contributed by atoms with van der Waals surface area (Å²) in [6, 6.07) is 18.6. The standard InChI is InChI=1S/C23H22N6O3S/c24-21(14-29(31)32)27-16-4-3-5-17(12-16)28-23(30)22-20(9-11-33-22)26-13-15-8-10-25-19-7-2-1-6-18(15)19/h1-12,26,31-32H,13-14H2,(H2,24,27)(H,28,30). The van der Waals surface area contributed by atoms with E-state index in [2.05, 4.69) is 20.6 Å². The number of nitrogens with zero attached hydrogens (tertiary/aromatic N) is 3. The summed E-state index contributed by atoms with van der Waals surface area (Å²) in [6.07, 6.45) is 1.78. The van der Waals surface area contributed by atoms with Crippen molar-refractivity contribution in [3.63, 3.8) is 0 Å². The van der Waals surface area contributed by atoms with E-state index in [-0.39, 0.29) is 23.5 Å². The molecule has 0 aliphatic rings. The molecule has 9 nitrogen and oxygen atoms in total. The Morgan fingerprint density at radius 2 is 1.97 bits per heavy atom. The third-order valence-electron chi connectivity index (χ3n) is 4.76. The van der Waals surface area contributed by atoms with E-state index in [0.717, 1.165) is 22.2 Å². The number of amidine groups is 1. The summed E-state index contributed by atoms with van der Waals surface area (Å²) in [4.78, 5) is 22.0. The van der Waals surface area contributed by atoms with Crippen molar-refractivity contribution in [1.82, 2.24) is 10.2 Å². The highest BCUT2D eigenvalue weighted by atomic mass is 32.1. The number of aromatic nitrogens is 1. The number of thiophene rings is 1. The van der Waals surface area contributed by atoms with Gasteiger partial charge in [0.15, 0.2) is 0 Å². The average Bonchev–Trinajstić information content (AvgIpc) is 3.26. The van der Waals surface area contributed by atoms with Crippen LogP contribution >= 0.6 is 11.3 Å². The van der Waals surface area contributed by atoms with E-state index < -0.39 is 0 Å². The molecule has 4 rings (SSSR count). The van der Waals surface area contributed by atoms with Crippen molar-refractivity contribution in [3.05, 3.63) is 82.7 Å². The van der Waals surface area contributed by atoms with E-state index >= 15 is 0 Å². The molecule has 0 saturated carbocycles. The molecule has 0 atom stereocenters. The van der Waals surface area contributed by atoms with Crippen LogP contribution in [0.15, 0.2) is 77.2 Å². The number of hydrogen-bond donors (Lipinski definition) is 5. The van der Waals surface area contributed by atoms with Gasteiger partial charge < -0.3 is 16.4 Å². The molecular formula is C23H22N6O3S. The molecule has 6 N–H and O–H groups in total. The van der Waals surface area contributed by atoms with E-state index in [1.54, 1.807) is 30.5 Å². The number of fused-ring (bicyclic) bond motifs is 1. The van der Waals surface area contributed by atoms with Crippen molar-refractivity contribution < 1.29 is 15.2 Å². The molecule has 2 heterocycles. The number of benzene rings is 2. The molecule has 0 aliphatic carbocycles. The van der Waals surface area contributed by atoms with Crippen LogP contribution in [0.5, 0.6) is 0 Å². The van der Waals surface area contributed by atoms with Crippen LogP contribution in [0.2, 0.25) is 0 Å². The number of aliphatic imine (C=N–C) groups is 1.